The van der Waals surface area contributed by atoms with Crippen LogP contribution in [0.1, 0.15) is 66.9 Å². The third kappa shape index (κ3) is 10.5. The van der Waals surface area contributed by atoms with E-state index in [9.17, 15) is 4.79 Å². The highest BCUT2D eigenvalue weighted by Crippen LogP contribution is 2.41. The summed E-state index contributed by atoms with van der Waals surface area (Å²) in [4.78, 5) is 16.1. The van der Waals surface area contributed by atoms with Gasteiger partial charge in [0.05, 0.1) is 0 Å². The average Bonchev–Trinajstić information content (AvgIpc) is 3.51. The van der Waals surface area contributed by atoms with Crippen molar-refractivity contribution in [1.29, 1.82) is 0 Å². The first-order valence-electron chi connectivity index (χ1n) is 10.5. The number of aromatic nitrogens is 1. The maximum atomic E-state index is 11.9. The molecule has 1 aliphatic rings. The summed E-state index contributed by atoms with van der Waals surface area (Å²) in [6, 6.07) is 3.75. The Morgan fingerprint density at radius 2 is 1.83 bits per heavy atom. The lowest BCUT2D eigenvalue weighted by molar-refractivity contribution is 0.0635. The van der Waals surface area contributed by atoms with E-state index < -0.39 is 11.7 Å². The van der Waals surface area contributed by atoms with Gasteiger partial charge in [-0.05, 0) is 68.4 Å². The molecule has 2 rings (SSSR count). The van der Waals surface area contributed by atoms with Gasteiger partial charge in [0, 0.05) is 6.20 Å². The molecule has 29 heavy (non-hydrogen) atoms. The number of hydrogen-bond donors (Lipinski definition) is 1. The fourth-order valence-corrected chi connectivity index (χ4v) is 2.43. The first kappa shape index (κ1) is 26.4. The molecule has 1 fully saturated rings. The number of nitrogens with one attached hydrogen (secondary N) is 1. The number of anilines is 1. The van der Waals surface area contributed by atoms with Gasteiger partial charge in [-0.25, -0.2) is 9.78 Å². The number of carbonyl (C=O) groups excluding carboxylic acids is 1. The molecule has 1 heterocycles. The Balaban J connectivity index is 0.00000184. The van der Waals surface area contributed by atoms with Crippen LogP contribution >= 0.6 is 0 Å². The molecule has 0 aliphatic heterocycles. The van der Waals surface area contributed by atoms with Gasteiger partial charge in [0.1, 0.15) is 11.4 Å². The fraction of sp³-hybridized carbons (Fsp3) is 0.440. The minimum atomic E-state index is -0.547. The number of allylic oxidation sites excluding steroid dienone is 5. The summed E-state index contributed by atoms with van der Waals surface area (Å²) in [5, 5.41) is 2.67. The summed E-state index contributed by atoms with van der Waals surface area (Å²) in [6.45, 7) is 21.1. The monoisotopic (exact) mass is 398 g/mol. The van der Waals surface area contributed by atoms with E-state index in [1.165, 1.54) is 18.4 Å². The molecule has 4 nitrogen and oxygen atoms in total. The highest BCUT2D eigenvalue weighted by atomic mass is 16.6. The van der Waals surface area contributed by atoms with E-state index in [-0.39, 0.29) is 0 Å². The lowest BCUT2D eigenvalue weighted by Gasteiger charge is -2.19. The molecule has 1 saturated carbocycles. The van der Waals surface area contributed by atoms with E-state index in [1.807, 2.05) is 72.8 Å². The van der Waals surface area contributed by atoms with Gasteiger partial charge in [-0.3, -0.25) is 5.32 Å². The zero-order valence-electron chi connectivity index (χ0n) is 19.2. The standard InChI is InChI=1S/C21H26N2O2.2C2H6/c1-6-8-16(7-2)18(17-9-10-17)13-15-11-12-22-19(14-15)23-20(24)25-21(3,4)5;2*1-2/h6-8,11-14,17H,1-2,9-10H2,3-5H3,(H,22,23,24);2*1-2H3/b16-8+,18-13-;;. The molecule has 1 aliphatic carbocycles. The van der Waals surface area contributed by atoms with E-state index in [0.717, 1.165) is 11.1 Å². The molecule has 0 radical (unpaired) electrons. The SMILES string of the molecule is C=C/C=C(C=C)/C(=C/c1ccnc(NC(=O)OC(C)(C)C)c1)C1CC1.CC.CC. The Bertz CT molecular complexity index is 721. The van der Waals surface area contributed by atoms with Crippen molar-refractivity contribution < 1.29 is 9.53 Å². The van der Waals surface area contributed by atoms with Crippen molar-refractivity contribution in [3.8, 4) is 0 Å². The molecular formula is C25H38N2O2. The molecule has 4 heteroatoms. The van der Waals surface area contributed by atoms with Crippen molar-refractivity contribution in [3.05, 3.63) is 66.4 Å². The van der Waals surface area contributed by atoms with Gasteiger partial charge in [-0.2, -0.15) is 0 Å². The van der Waals surface area contributed by atoms with Crippen LogP contribution in [0.5, 0.6) is 0 Å². The van der Waals surface area contributed by atoms with Gasteiger partial charge in [-0.1, -0.05) is 65.2 Å². The summed E-state index contributed by atoms with van der Waals surface area (Å²) in [7, 11) is 0. The Labute approximate surface area is 177 Å². The van der Waals surface area contributed by atoms with Gasteiger partial charge < -0.3 is 4.74 Å². The van der Waals surface area contributed by atoms with Gasteiger partial charge in [-0.15, -0.1) is 0 Å². The van der Waals surface area contributed by atoms with Crippen LogP contribution in [0.2, 0.25) is 0 Å². The van der Waals surface area contributed by atoms with Crippen LogP contribution in [-0.4, -0.2) is 16.7 Å². The zero-order valence-corrected chi connectivity index (χ0v) is 19.2. The number of hydrogen-bond acceptors (Lipinski definition) is 3. The van der Waals surface area contributed by atoms with Crippen LogP contribution < -0.4 is 5.32 Å². The molecule has 0 atom stereocenters. The average molecular weight is 399 g/mol. The summed E-state index contributed by atoms with van der Waals surface area (Å²) in [5.41, 5.74) is 2.75. The molecule has 1 aromatic rings. The Hall–Kier alpha value is -2.62. The molecular weight excluding hydrogens is 360 g/mol. The quantitative estimate of drug-likeness (QED) is 0.503. The molecule has 1 amide bonds. The molecule has 0 unspecified atom stereocenters. The Kier molecular flexibility index (Phi) is 12.3. The highest BCUT2D eigenvalue weighted by molar-refractivity contribution is 5.84. The van der Waals surface area contributed by atoms with E-state index >= 15 is 0 Å². The topological polar surface area (TPSA) is 51.2 Å². The van der Waals surface area contributed by atoms with Crippen LogP contribution in [0.3, 0.4) is 0 Å². The highest BCUT2D eigenvalue weighted by Gasteiger charge is 2.27. The van der Waals surface area contributed by atoms with Crippen molar-refractivity contribution in [2.24, 2.45) is 5.92 Å². The van der Waals surface area contributed by atoms with Crippen molar-refractivity contribution in [1.82, 2.24) is 4.98 Å². The lowest BCUT2D eigenvalue weighted by Crippen LogP contribution is -2.27. The first-order valence-corrected chi connectivity index (χ1v) is 10.5. The molecule has 0 saturated heterocycles. The summed E-state index contributed by atoms with van der Waals surface area (Å²) in [6.07, 6.45) is 11.2. The number of ether oxygens (including phenoxy) is 1. The Morgan fingerprint density at radius 1 is 1.21 bits per heavy atom. The second-order valence-electron chi connectivity index (χ2n) is 7.04. The predicted molar refractivity (Wildman–Crippen MR) is 126 cm³/mol. The van der Waals surface area contributed by atoms with Gasteiger partial charge in [0.25, 0.3) is 0 Å². The predicted octanol–water partition coefficient (Wildman–Crippen LogP) is 7.57. The molecule has 1 N–H and O–H groups in total. The van der Waals surface area contributed by atoms with Gasteiger partial charge >= 0.3 is 6.09 Å². The minimum Gasteiger partial charge on any atom is -0.444 e. The lowest BCUT2D eigenvalue weighted by atomic mass is 9.98. The van der Waals surface area contributed by atoms with Gasteiger partial charge in [0.15, 0.2) is 0 Å². The summed E-state index contributed by atoms with van der Waals surface area (Å²) >= 11 is 0. The molecule has 0 spiro atoms. The van der Waals surface area contributed by atoms with E-state index in [1.54, 1.807) is 12.3 Å². The molecule has 0 aromatic carbocycles. The van der Waals surface area contributed by atoms with Crippen molar-refractivity contribution in [3.63, 3.8) is 0 Å². The van der Waals surface area contributed by atoms with Crippen molar-refractivity contribution in [2.75, 3.05) is 5.32 Å². The van der Waals surface area contributed by atoms with E-state index in [4.69, 9.17) is 4.74 Å². The maximum absolute atomic E-state index is 11.9. The minimum absolute atomic E-state index is 0.464. The second kappa shape index (κ2) is 13.5. The normalized spacial score (nSPS) is 13.8. The largest absolute Gasteiger partial charge is 0.444 e. The summed E-state index contributed by atoms with van der Waals surface area (Å²) < 4.78 is 5.26. The smallest absolute Gasteiger partial charge is 0.413 e. The molecule has 160 valence electrons. The van der Waals surface area contributed by atoms with E-state index in [2.05, 4.69) is 29.5 Å². The summed E-state index contributed by atoms with van der Waals surface area (Å²) in [5.74, 6) is 1.02. The number of carbonyl (C=O) groups is 1. The van der Waals surface area contributed by atoms with Crippen LogP contribution in [-0.2, 0) is 4.74 Å². The van der Waals surface area contributed by atoms with Crippen LogP contribution in [0.15, 0.2) is 60.9 Å². The zero-order chi connectivity index (χ0) is 22.4. The number of pyridine rings is 1. The third-order valence-electron chi connectivity index (χ3n) is 3.60. The third-order valence-corrected chi connectivity index (χ3v) is 3.60. The maximum Gasteiger partial charge on any atom is 0.413 e. The molecule has 0 bridgehead atoms. The second-order valence-corrected chi connectivity index (χ2v) is 7.04. The Morgan fingerprint density at radius 3 is 2.31 bits per heavy atom. The number of nitrogens with zero attached hydrogens (tertiary/aromatic N) is 1. The number of rotatable bonds is 6. The van der Waals surface area contributed by atoms with Crippen molar-refractivity contribution >= 4 is 18.0 Å². The van der Waals surface area contributed by atoms with Crippen LogP contribution in [0, 0.1) is 5.92 Å². The fourth-order valence-electron chi connectivity index (χ4n) is 2.43. The van der Waals surface area contributed by atoms with Gasteiger partial charge in [0.2, 0.25) is 0 Å². The van der Waals surface area contributed by atoms with Crippen LogP contribution in [0.4, 0.5) is 10.6 Å². The van der Waals surface area contributed by atoms with Crippen molar-refractivity contribution in [2.45, 2.75) is 66.9 Å². The number of amides is 1. The molecule has 1 aromatic heterocycles. The van der Waals surface area contributed by atoms with E-state index in [0.29, 0.717) is 11.7 Å². The first-order chi connectivity index (χ1) is 13.8. The van der Waals surface area contributed by atoms with Crippen LogP contribution in [0.25, 0.3) is 6.08 Å².